The van der Waals surface area contributed by atoms with Gasteiger partial charge in [-0.25, -0.2) is 4.98 Å². The maximum atomic E-state index is 4.70. The molecule has 1 aromatic heterocycles. The third-order valence-electron chi connectivity index (χ3n) is 3.31. The fraction of sp³-hybridized carbons (Fsp3) is 0.786. The lowest BCUT2D eigenvalue weighted by Gasteiger charge is -2.14. The third kappa shape index (κ3) is 4.07. The van der Waals surface area contributed by atoms with Gasteiger partial charge in [0.25, 0.3) is 0 Å². The largest absolute Gasteiger partial charge is 0.308 e. The molecule has 96 valence electrons. The smallest absolute Gasteiger partial charge is 0.107 e. The van der Waals surface area contributed by atoms with Crippen molar-refractivity contribution in [2.45, 2.75) is 65.0 Å². The van der Waals surface area contributed by atoms with Gasteiger partial charge in [0, 0.05) is 23.4 Å². The predicted molar refractivity (Wildman–Crippen MR) is 74.5 cm³/mol. The van der Waals surface area contributed by atoms with E-state index in [0.29, 0.717) is 6.04 Å². The van der Waals surface area contributed by atoms with Crippen molar-refractivity contribution < 1.29 is 0 Å². The number of hydrogen-bond acceptors (Lipinski definition) is 3. The molecule has 3 heteroatoms. The number of nitrogens with zero attached hydrogens (tertiary/aromatic N) is 1. The van der Waals surface area contributed by atoms with Gasteiger partial charge < -0.3 is 5.32 Å². The van der Waals surface area contributed by atoms with Crippen molar-refractivity contribution >= 4 is 11.3 Å². The maximum Gasteiger partial charge on any atom is 0.107 e. The van der Waals surface area contributed by atoms with Crippen LogP contribution in [0.4, 0.5) is 0 Å². The van der Waals surface area contributed by atoms with Gasteiger partial charge in [-0.15, -0.1) is 11.3 Å². The second-order valence-electron chi connectivity index (χ2n) is 6.34. The fourth-order valence-corrected chi connectivity index (χ4v) is 2.91. The van der Waals surface area contributed by atoms with Crippen LogP contribution in [0.3, 0.4) is 0 Å². The molecule has 0 bridgehead atoms. The molecule has 0 spiro atoms. The zero-order chi connectivity index (χ0) is 12.5. The first-order valence-corrected chi connectivity index (χ1v) is 7.51. The summed E-state index contributed by atoms with van der Waals surface area (Å²) in [6.07, 6.45) is 4.21. The second-order valence-corrected chi connectivity index (χ2v) is 7.28. The molecule has 0 amide bonds. The van der Waals surface area contributed by atoms with E-state index in [9.17, 15) is 0 Å². The number of hydrogen-bond donors (Lipinski definition) is 1. The van der Waals surface area contributed by atoms with Crippen LogP contribution >= 0.6 is 11.3 Å². The van der Waals surface area contributed by atoms with Crippen LogP contribution in [0, 0.1) is 5.92 Å². The Morgan fingerprint density at radius 2 is 2.18 bits per heavy atom. The highest BCUT2D eigenvalue weighted by Gasteiger charge is 2.23. The Morgan fingerprint density at radius 1 is 1.47 bits per heavy atom. The minimum absolute atomic E-state index is 0.175. The molecule has 1 aromatic rings. The standard InChI is InChI=1S/C14H24N2S/c1-10(7-11-5-6-11)15-8-13-16-12(9-17-13)14(2,3)4/h9-11,15H,5-8H2,1-4H3. The maximum absolute atomic E-state index is 4.70. The van der Waals surface area contributed by atoms with E-state index in [1.807, 2.05) is 0 Å². The number of aromatic nitrogens is 1. The highest BCUT2D eigenvalue weighted by Crippen LogP contribution is 2.33. The van der Waals surface area contributed by atoms with Gasteiger partial charge in [0.2, 0.25) is 0 Å². The Labute approximate surface area is 109 Å². The van der Waals surface area contributed by atoms with Gasteiger partial charge in [-0.3, -0.25) is 0 Å². The third-order valence-corrected chi connectivity index (χ3v) is 4.15. The van der Waals surface area contributed by atoms with Gasteiger partial charge in [-0.1, -0.05) is 33.6 Å². The van der Waals surface area contributed by atoms with Crippen LogP contribution in [0.2, 0.25) is 0 Å². The molecule has 0 aromatic carbocycles. The lowest BCUT2D eigenvalue weighted by molar-refractivity contribution is 0.485. The summed E-state index contributed by atoms with van der Waals surface area (Å²) in [5, 5.41) is 7.00. The molecule has 1 heterocycles. The summed E-state index contributed by atoms with van der Waals surface area (Å²) in [6, 6.07) is 0.629. The fourth-order valence-electron chi connectivity index (χ4n) is 1.93. The Morgan fingerprint density at radius 3 is 2.71 bits per heavy atom. The highest BCUT2D eigenvalue weighted by molar-refractivity contribution is 7.09. The molecule has 1 unspecified atom stereocenters. The molecule has 2 nitrogen and oxygen atoms in total. The lowest BCUT2D eigenvalue weighted by atomic mass is 9.93. The predicted octanol–water partition coefficient (Wildman–Crippen LogP) is 3.72. The molecule has 1 saturated carbocycles. The van der Waals surface area contributed by atoms with Gasteiger partial charge >= 0.3 is 0 Å². The molecule has 2 rings (SSSR count). The Balaban J connectivity index is 1.80. The molecule has 1 aliphatic rings. The summed E-state index contributed by atoms with van der Waals surface area (Å²) >= 11 is 1.78. The van der Waals surface area contributed by atoms with Crippen LogP contribution in [0.1, 0.15) is 57.7 Å². The molecular weight excluding hydrogens is 228 g/mol. The molecule has 1 aliphatic carbocycles. The van der Waals surface area contributed by atoms with Gasteiger partial charge in [0.05, 0.1) is 5.69 Å². The van der Waals surface area contributed by atoms with E-state index in [1.54, 1.807) is 11.3 Å². The summed E-state index contributed by atoms with van der Waals surface area (Å²) < 4.78 is 0. The number of nitrogens with one attached hydrogen (secondary N) is 1. The quantitative estimate of drug-likeness (QED) is 0.864. The number of rotatable bonds is 5. The first kappa shape index (κ1) is 13.0. The van der Waals surface area contributed by atoms with E-state index < -0.39 is 0 Å². The summed E-state index contributed by atoms with van der Waals surface area (Å²) in [4.78, 5) is 4.70. The van der Waals surface area contributed by atoms with Crippen molar-refractivity contribution in [2.24, 2.45) is 5.92 Å². The highest BCUT2D eigenvalue weighted by atomic mass is 32.1. The van der Waals surface area contributed by atoms with E-state index in [0.717, 1.165) is 12.5 Å². The Hall–Kier alpha value is -0.410. The molecule has 1 atom stereocenters. The summed E-state index contributed by atoms with van der Waals surface area (Å²) in [7, 11) is 0. The van der Waals surface area contributed by atoms with Crippen LogP contribution < -0.4 is 5.32 Å². The van der Waals surface area contributed by atoms with E-state index in [4.69, 9.17) is 4.98 Å². The van der Waals surface area contributed by atoms with Crippen molar-refractivity contribution in [3.63, 3.8) is 0 Å². The van der Waals surface area contributed by atoms with E-state index in [-0.39, 0.29) is 5.41 Å². The zero-order valence-corrected chi connectivity index (χ0v) is 12.2. The summed E-state index contributed by atoms with van der Waals surface area (Å²) in [5.74, 6) is 0.999. The molecule has 0 saturated heterocycles. The van der Waals surface area contributed by atoms with Crippen LogP contribution in [-0.4, -0.2) is 11.0 Å². The molecule has 0 aliphatic heterocycles. The lowest BCUT2D eigenvalue weighted by Crippen LogP contribution is -2.26. The van der Waals surface area contributed by atoms with Crippen molar-refractivity contribution in [2.75, 3.05) is 0 Å². The van der Waals surface area contributed by atoms with E-state index >= 15 is 0 Å². The monoisotopic (exact) mass is 252 g/mol. The van der Waals surface area contributed by atoms with Crippen molar-refractivity contribution in [1.29, 1.82) is 0 Å². The molecule has 0 radical (unpaired) electrons. The molecule has 1 fully saturated rings. The van der Waals surface area contributed by atoms with Crippen molar-refractivity contribution in [3.8, 4) is 0 Å². The number of thiazole rings is 1. The zero-order valence-electron chi connectivity index (χ0n) is 11.4. The summed E-state index contributed by atoms with van der Waals surface area (Å²) in [5.41, 5.74) is 1.39. The molecular formula is C14H24N2S. The SMILES string of the molecule is CC(CC1CC1)NCc1nc(C(C)(C)C)cs1. The average Bonchev–Trinajstić information content (AvgIpc) is 2.90. The topological polar surface area (TPSA) is 24.9 Å². The van der Waals surface area contributed by atoms with Crippen molar-refractivity contribution in [3.05, 3.63) is 16.1 Å². The molecule has 17 heavy (non-hydrogen) atoms. The minimum Gasteiger partial charge on any atom is -0.308 e. The molecule has 1 N–H and O–H groups in total. The first-order valence-electron chi connectivity index (χ1n) is 6.63. The van der Waals surface area contributed by atoms with Crippen molar-refractivity contribution in [1.82, 2.24) is 10.3 Å². The second kappa shape index (κ2) is 5.07. The van der Waals surface area contributed by atoms with Gasteiger partial charge in [0.1, 0.15) is 5.01 Å². The van der Waals surface area contributed by atoms with E-state index in [1.165, 1.54) is 30.0 Å². The van der Waals surface area contributed by atoms with Gasteiger partial charge in [-0.05, 0) is 19.3 Å². The summed E-state index contributed by atoms with van der Waals surface area (Å²) in [6.45, 7) is 9.87. The minimum atomic E-state index is 0.175. The van der Waals surface area contributed by atoms with Crippen LogP contribution in [-0.2, 0) is 12.0 Å². The van der Waals surface area contributed by atoms with Gasteiger partial charge in [0.15, 0.2) is 0 Å². The Kier molecular flexibility index (Phi) is 3.88. The van der Waals surface area contributed by atoms with E-state index in [2.05, 4.69) is 38.4 Å². The first-order chi connectivity index (χ1) is 7.95. The van der Waals surface area contributed by atoms with Crippen LogP contribution in [0.25, 0.3) is 0 Å². The normalized spacial score (nSPS) is 18.4. The van der Waals surface area contributed by atoms with Gasteiger partial charge in [-0.2, -0.15) is 0 Å². The van der Waals surface area contributed by atoms with Crippen LogP contribution in [0.5, 0.6) is 0 Å². The Bertz CT molecular complexity index is 361. The van der Waals surface area contributed by atoms with Crippen LogP contribution in [0.15, 0.2) is 5.38 Å². The average molecular weight is 252 g/mol.